The molecule has 1 aromatic carbocycles. The number of piperidine rings is 1. The maximum Gasteiger partial charge on any atom is 0.230 e. The van der Waals surface area contributed by atoms with Gasteiger partial charge in [0.2, 0.25) is 11.8 Å². The largest absolute Gasteiger partial charge is 0.341 e. The second-order valence-corrected chi connectivity index (χ2v) is 8.35. The van der Waals surface area contributed by atoms with Crippen LogP contribution < -0.4 is 0 Å². The molecule has 4 nitrogen and oxygen atoms in total. The van der Waals surface area contributed by atoms with Gasteiger partial charge < -0.3 is 9.80 Å². The summed E-state index contributed by atoms with van der Waals surface area (Å²) in [5.74, 6) is 0.894. The summed E-state index contributed by atoms with van der Waals surface area (Å²) in [5, 5.41) is 0. The predicted molar refractivity (Wildman–Crippen MR) is 108 cm³/mol. The zero-order valence-electron chi connectivity index (χ0n) is 16.9. The summed E-state index contributed by atoms with van der Waals surface area (Å²) in [4.78, 5) is 29.5. The van der Waals surface area contributed by atoms with E-state index < -0.39 is 0 Å². The molecule has 0 saturated carbocycles. The van der Waals surface area contributed by atoms with Gasteiger partial charge in [-0.3, -0.25) is 9.59 Å². The van der Waals surface area contributed by atoms with Crippen LogP contribution in [0.4, 0.5) is 0 Å². The average Bonchev–Trinajstić information content (AvgIpc) is 3.09. The highest BCUT2D eigenvalue weighted by atomic mass is 16.2. The number of hydrogen-bond donors (Lipinski definition) is 0. The van der Waals surface area contributed by atoms with Gasteiger partial charge in [-0.15, -0.1) is 0 Å². The van der Waals surface area contributed by atoms with E-state index in [4.69, 9.17) is 0 Å². The molecule has 2 heterocycles. The Bertz CT molecular complexity index is 708. The normalized spacial score (nSPS) is 23.2. The summed E-state index contributed by atoms with van der Waals surface area (Å²) in [6.45, 7) is 9.09. The van der Waals surface area contributed by atoms with Crippen molar-refractivity contribution in [1.29, 1.82) is 0 Å². The Hall–Kier alpha value is -2.10. The van der Waals surface area contributed by atoms with Crippen molar-refractivity contribution in [3.8, 4) is 0 Å². The van der Waals surface area contributed by atoms with Gasteiger partial charge in [0.1, 0.15) is 0 Å². The second kappa shape index (κ2) is 8.28. The fourth-order valence-corrected chi connectivity index (χ4v) is 4.34. The summed E-state index contributed by atoms with van der Waals surface area (Å²) >= 11 is 0. The number of carbonyl (C=O) groups excluding carboxylic acids is 2. The fourth-order valence-electron chi connectivity index (χ4n) is 4.34. The van der Waals surface area contributed by atoms with Crippen LogP contribution in [0, 0.1) is 5.41 Å². The first-order valence-electron chi connectivity index (χ1n) is 10.2. The molecule has 2 saturated heterocycles. The summed E-state index contributed by atoms with van der Waals surface area (Å²) < 4.78 is 0. The van der Waals surface area contributed by atoms with Crippen LogP contribution in [0.2, 0.25) is 0 Å². The van der Waals surface area contributed by atoms with E-state index in [9.17, 15) is 9.59 Å². The molecule has 1 atom stereocenters. The van der Waals surface area contributed by atoms with E-state index in [0.717, 1.165) is 25.8 Å². The highest BCUT2D eigenvalue weighted by Gasteiger charge is 2.49. The molecule has 4 heteroatoms. The van der Waals surface area contributed by atoms with Gasteiger partial charge in [-0.2, -0.15) is 0 Å². The van der Waals surface area contributed by atoms with Crippen molar-refractivity contribution in [1.82, 2.24) is 9.80 Å². The summed E-state index contributed by atoms with van der Waals surface area (Å²) in [7, 11) is 0. The third-order valence-corrected chi connectivity index (χ3v) is 6.08. The molecule has 0 aromatic heterocycles. The molecule has 27 heavy (non-hydrogen) atoms. The Morgan fingerprint density at radius 3 is 2.59 bits per heavy atom. The van der Waals surface area contributed by atoms with Crippen LogP contribution in [-0.2, 0) is 16.1 Å². The van der Waals surface area contributed by atoms with Crippen molar-refractivity contribution in [2.45, 2.75) is 58.9 Å². The molecule has 0 aliphatic carbocycles. The number of nitrogens with zero attached hydrogens (tertiary/aromatic N) is 2. The zero-order chi connectivity index (χ0) is 19.4. The van der Waals surface area contributed by atoms with Gasteiger partial charge in [-0.25, -0.2) is 0 Å². The van der Waals surface area contributed by atoms with Gasteiger partial charge in [0, 0.05) is 32.6 Å². The van der Waals surface area contributed by atoms with Crippen molar-refractivity contribution in [2.24, 2.45) is 5.41 Å². The van der Waals surface area contributed by atoms with Crippen LogP contribution in [-0.4, -0.2) is 41.2 Å². The lowest BCUT2D eigenvalue weighted by Crippen LogP contribution is -2.50. The van der Waals surface area contributed by atoms with E-state index >= 15 is 0 Å². The monoisotopic (exact) mass is 368 g/mol. The third kappa shape index (κ3) is 4.26. The molecule has 0 bridgehead atoms. The summed E-state index contributed by atoms with van der Waals surface area (Å²) in [6.07, 6.45) is 6.96. The van der Waals surface area contributed by atoms with Crippen LogP contribution in [0.25, 0.3) is 0 Å². The standard InChI is InChI=1S/C23H32N2O2/c1-4-5-7-21(26)25-15-13-23(17-25)12-6-14-24(22(23)27)16-19-8-10-20(11-9-19)18(2)3/h4-5,8-11,18H,6-7,12-17H2,1-3H3/b5-4+. The SMILES string of the molecule is C/C=C/CC(=O)N1CCC2(CCCN(Cc3ccc(C(C)C)cc3)C2=O)C1. The lowest BCUT2D eigenvalue weighted by molar-refractivity contribution is -0.146. The highest BCUT2D eigenvalue weighted by Crippen LogP contribution is 2.40. The zero-order valence-corrected chi connectivity index (χ0v) is 16.9. The molecule has 2 aliphatic heterocycles. The van der Waals surface area contributed by atoms with Gasteiger partial charge in [-0.05, 0) is 43.2 Å². The minimum absolute atomic E-state index is 0.138. The second-order valence-electron chi connectivity index (χ2n) is 8.35. The van der Waals surface area contributed by atoms with E-state index in [0.29, 0.717) is 32.0 Å². The van der Waals surface area contributed by atoms with Gasteiger partial charge in [-0.1, -0.05) is 50.3 Å². The van der Waals surface area contributed by atoms with Crippen LogP contribution in [0.15, 0.2) is 36.4 Å². The van der Waals surface area contributed by atoms with E-state index in [1.165, 1.54) is 11.1 Å². The number of rotatable bonds is 5. The minimum atomic E-state index is -0.359. The molecular weight excluding hydrogens is 336 g/mol. The topological polar surface area (TPSA) is 40.6 Å². The van der Waals surface area contributed by atoms with Gasteiger partial charge in [0.05, 0.1) is 5.41 Å². The molecule has 2 amide bonds. The van der Waals surface area contributed by atoms with Gasteiger partial charge in [0.15, 0.2) is 0 Å². The minimum Gasteiger partial charge on any atom is -0.341 e. The summed E-state index contributed by atoms with van der Waals surface area (Å²) in [6, 6.07) is 8.62. The molecule has 2 fully saturated rings. The smallest absolute Gasteiger partial charge is 0.230 e. The summed E-state index contributed by atoms with van der Waals surface area (Å²) in [5.41, 5.74) is 2.15. The Balaban J connectivity index is 1.66. The third-order valence-electron chi connectivity index (χ3n) is 6.08. The number of amides is 2. The lowest BCUT2D eigenvalue weighted by atomic mass is 9.78. The first kappa shape index (κ1) is 19.7. The number of allylic oxidation sites excluding steroid dienone is 1. The molecule has 146 valence electrons. The van der Waals surface area contributed by atoms with E-state index in [1.54, 1.807) is 0 Å². The molecule has 2 aliphatic rings. The van der Waals surface area contributed by atoms with E-state index in [-0.39, 0.29) is 17.2 Å². The molecule has 1 aromatic rings. The molecular formula is C23H32N2O2. The van der Waals surface area contributed by atoms with Crippen molar-refractivity contribution in [2.75, 3.05) is 19.6 Å². The molecule has 1 unspecified atom stereocenters. The number of hydrogen-bond acceptors (Lipinski definition) is 2. The van der Waals surface area contributed by atoms with Crippen LogP contribution in [0.3, 0.4) is 0 Å². The molecule has 1 spiro atoms. The number of carbonyl (C=O) groups is 2. The number of likely N-dealkylation sites (tertiary alicyclic amines) is 2. The molecule has 3 rings (SSSR count). The van der Waals surface area contributed by atoms with E-state index in [1.807, 2.05) is 28.9 Å². The van der Waals surface area contributed by atoms with Crippen LogP contribution in [0.1, 0.15) is 63.5 Å². The Morgan fingerprint density at radius 2 is 1.93 bits per heavy atom. The average molecular weight is 369 g/mol. The number of benzene rings is 1. The first-order valence-corrected chi connectivity index (χ1v) is 10.2. The van der Waals surface area contributed by atoms with Gasteiger partial charge >= 0.3 is 0 Å². The van der Waals surface area contributed by atoms with Crippen molar-refractivity contribution >= 4 is 11.8 Å². The molecule has 0 radical (unpaired) electrons. The first-order chi connectivity index (χ1) is 12.9. The maximum absolute atomic E-state index is 13.3. The maximum atomic E-state index is 13.3. The molecule has 0 N–H and O–H groups in total. The van der Waals surface area contributed by atoms with Crippen molar-refractivity contribution in [3.63, 3.8) is 0 Å². The van der Waals surface area contributed by atoms with Crippen molar-refractivity contribution < 1.29 is 9.59 Å². The fraction of sp³-hybridized carbons (Fsp3) is 0.565. The van der Waals surface area contributed by atoms with Crippen LogP contribution >= 0.6 is 0 Å². The Kier molecular flexibility index (Phi) is 6.03. The quantitative estimate of drug-likeness (QED) is 0.734. The van der Waals surface area contributed by atoms with Crippen molar-refractivity contribution in [3.05, 3.63) is 47.5 Å². The van der Waals surface area contributed by atoms with Crippen LogP contribution in [0.5, 0.6) is 0 Å². The highest BCUT2D eigenvalue weighted by molar-refractivity contribution is 5.86. The van der Waals surface area contributed by atoms with E-state index in [2.05, 4.69) is 38.1 Å². The Labute approximate surface area is 163 Å². The Morgan fingerprint density at radius 1 is 1.19 bits per heavy atom. The van der Waals surface area contributed by atoms with Gasteiger partial charge in [0.25, 0.3) is 0 Å². The predicted octanol–water partition coefficient (Wildman–Crippen LogP) is 4.12. The lowest BCUT2D eigenvalue weighted by Gasteiger charge is -2.39.